The van der Waals surface area contributed by atoms with Crippen molar-refractivity contribution in [1.82, 2.24) is 0 Å². The molecule has 1 fully saturated rings. The minimum atomic E-state index is 0.718. The van der Waals surface area contributed by atoms with Crippen LogP contribution in [0.2, 0.25) is 5.02 Å². The van der Waals surface area contributed by atoms with Crippen molar-refractivity contribution in [3.63, 3.8) is 0 Å². The summed E-state index contributed by atoms with van der Waals surface area (Å²) in [5.41, 5.74) is 1.42. The highest BCUT2D eigenvalue weighted by Crippen LogP contribution is 2.33. The van der Waals surface area contributed by atoms with Gasteiger partial charge in [0.05, 0.1) is 0 Å². The second kappa shape index (κ2) is 6.07. The van der Waals surface area contributed by atoms with Crippen LogP contribution in [0.15, 0.2) is 22.7 Å². The fourth-order valence-electron chi connectivity index (χ4n) is 2.60. The topological polar surface area (TPSA) is 0 Å². The molecule has 2 rings (SSSR count). The third-order valence-electron chi connectivity index (χ3n) is 3.46. The molecule has 0 N–H and O–H groups in total. The van der Waals surface area contributed by atoms with Gasteiger partial charge >= 0.3 is 0 Å². The first-order valence-electron chi connectivity index (χ1n) is 6.22. The van der Waals surface area contributed by atoms with Gasteiger partial charge in [0.25, 0.3) is 0 Å². The van der Waals surface area contributed by atoms with Crippen LogP contribution in [-0.2, 0) is 0 Å². The summed E-state index contributed by atoms with van der Waals surface area (Å²) in [6.07, 6.45) is 9.62. The first kappa shape index (κ1) is 12.4. The Hall–Kier alpha value is -0.0100. The molecule has 1 aromatic carbocycles. The molecule has 1 saturated carbocycles. The van der Waals surface area contributed by atoms with E-state index in [1.54, 1.807) is 0 Å². The molecular formula is C14H18BrCl. The van der Waals surface area contributed by atoms with E-state index in [-0.39, 0.29) is 0 Å². The number of benzene rings is 1. The van der Waals surface area contributed by atoms with Crippen LogP contribution in [0.1, 0.15) is 56.4 Å². The molecule has 0 atom stereocenters. The lowest BCUT2D eigenvalue weighted by Crippen LogP contribution is -2.02. The second-order valence-corrected chi connectivity index (χ2v) is 6.10. The number of rotatable bonds is 1. The summed E-state index contributed by atoms with van der Waals surface area (Å²) in [7, 11) is 0. The molecule has 16 heavy (non-hydrogen) atoms. The lowest BCUT2D eigenvalue weighted by atomic mass is 9.86. The molecule has 0 spiro atoms. The van der Waals surface area contributed by atoms with Crippen molar-refractivity contribution in [2.45, 2.75) is 50.9 Å². The normalized spacial score (nSPS) is 19.1. The Labute approximate surface area is 112 Å². The number of halogens is 2. The molecule has 0 nitrogen and oxygen atoms in total. The van der Waals surface area contributed by atoms with Gasteiger partial charge in [-0.3, -0.25) is 0 Å². The Bertz CT molecular complexity index is 320. The van der Waals surface area contributed by atoms with Crippen LogP contribution >= 0.6 is 27.5 Å². The quantitative estimate of drug-likeness (QED) is 0.603. The standard InChI is InChI=1S/C14H18BrCl/c15-13-8-12(9-14(16)10-13)11-6-4-2-1-3-5-7-11/h8-11H,1-7H2. The molecule has 1 aromatic rings. The van der Waals surface area contributed by atoms with Crippen molar-refractivity contribution in [2.24, 2.45) is 0 Å². The van der Waals surface area contributed by atoms with E-state index in [0.717, 1.165) is 15.4 Å². The molecule has 0 amide bonds. The van der Waals surface area contributed by atoms with Gasteiger partial charge < -0.3 is 0 Å². The van der Waals surface area contributed by atoms with Crippen LogP contribution < -0.4 is 0 Å². The van der Waals surface area contributed by atoms with Crippen molar-refractivity contribution in [3.05, 3.63) is 33.3 Å². The number of hydrogen-bond donors (Lipinski definition) is 0. The average molecular weight is 302 g/mol. The lowest BCUT2D eigenvalue weighted by molar-refractivity contribution is 0.455. The molecule has 0 bridgehead atoms. The van der Waals surface area contributed by atoms with Gasteiger partial charge in [0.1, 0.15) is 0 Å². The van der Waals surface area contributed by atoms with Gasteiger partial charge in [-0.25, -0.2) is 0 Å². The molecule has 0 radical (unpaired) electrons. The molecule has 0 heterocycles. The number of hydrogen-bond acceptors (Lipinski definition) is 0. The fraction of sp³-hybridized carbons (Fsp3) is 0.571. The zero-order valence-electron chi connectivity index (χ0n) is 9.52. The average Bonchev–Trinajstić information content (AvgIpc) is 2.14. The summed E-state index contributed by atoms with van der Waals surface area (Å²) < 4.78 is 1.11. The Morgan fingerprint density at radius 2 is 1.56 bits per heavy atom. The first-order chi connectivity index (χ1) is 7.75. The van der Waals surface area contributed by atoms with Crippen molar-refractivity contribution in [1.29, 1.82) is 0 Å². The molecule has 0 unspecified atom stereocenters. The summed E-state index contributed by atoms with van der Waals surface area (Å²) in [6.45, 7) is 0. The Kier molecular flexibility index (Phi) is 4.72. The molecule has 88 valence electrons. The lowest BCUT2D eigenvalue weighted by Gasteiger charge is -2.20. The summed E-state index contributed by atoms with van der Waals surface area (Å²) in [4.78, 5) is 0. The van der Waals surface area contributed by atoms with E-state index in [1.165, 1.54) is 50.5 Å². The highest BCUT2D eigenvalue weighted by Gasteiger charge is 2.14. The first-order valence-corrected chi connectivity index (χ1v) is 7.39. The Morgan fingerprint density at radius 1 is 0.938 bits per heavy atom. The molecule has 1 aliphatic rings. The highest BCUT2D eigenvalue weighted by molar-refractivity contribution is 9.10. The van der Waals surface area contributed by atoms with E-state index >= 15 is 0 Å². The highest BCUT2D eigenvalue weighted by atomic mass is 79.9. The Morgan fingerprint density at radius 3 is 2.19 bits per heavy atom. The Balaban J connectivity index is 2.13. The van der Waals surface area contributed by atoms with Crippen molar-refractivity contribution in [2.75, 3.05) is 0 Å². The van der Waals surface area contributed by atoms with Crippen molar-refractivity contribution >= 4 is 27.5 Å². The maximum absolute atomic E-state index is 6.11. The van der Waals surface area contributed by atoms with E-state index < -0.39 is 0 Å². The van der Waals surface area contributed by atoms with Gasteiger partial charge in [0.2, 0.25) is 0 Å². The largest absolute Gasteiger partial charge is 0.0843 e. The molecular weight excluding hydrogens is 284 g/mol. The van der Waals surface area contributed by atoms with Crippen LogP contribution in [0.5, 0.6) is 0 Å². The minimum absolute atomic E-state index is 0.718. The molecule has 2 heteroatoms. The van der Waals surface area contributed by atoms with Gasteiger partial charge in [-0.15, -0.1) is 0 Å². The fourth-order valence-corrected chi connectivity index (χ4v) is 3.49. The van der Waals surface area contributed by atoms with Crippen molar-refractivity contribution < 1.29 is 0 Å². The predicted molar refractivity (Wildman–Crippen MR) is 74.2 cm³/mol. The van der Waals surface area contributed by atoms with Crippen LogP contribution in [0, 0.1) is 0 Å². The summed E-state index contributed by atoms with van der Waals surface area (Å²) in [5, 5.41) is 0.853. The minimum Gasteiger partial charge on any atom is -0.0843 e. The smallest absolute Gasteiger partial charge is 0.0420 e. The van der Waals surface area contributed by atoms with Gasteiger partial charge in [0, 0.05) is 9.50 Å². The van der Waals surface area contributed by atoms with Crippen LogP contribution in [0.4, 0.5) is 0 Å². The van der Waals surface area contributed by atoms with Gasteiger partial charge in [-0.1, -0.05) is 59.6 Å². The molecule has 1 aliphatic carbocycles. The molecule has 0 aromatic heterocycles. The SMILES string of the molecule is Clc1cc(Br)cc(C2CCCCCCC2)c1. The molecule has 0 aliphatic heterocycles. The molecule has 0 saturated heterocycles. The van der Waals surface area contributed by atoms with Crippen molar-refractivity contribution in [3.8, 4) is 0 Å². The maximum Gasteiger partial charge on any atom is 0.0420 e. The monoisotopic (exact) mass is 300 g/mol. The third kappa shape index (κ3) is 3.49. The summed E-state index contributed by atoms with van der Waals surface area (Å²) in [6, 6.07) is 6.34. The van der Waals surface area contributed by atoms with E-state index in [2.05, 4.69) is 28.1 Å². The van der Waals surface area contributed by atoms with E-state index in [4.69, 9.17) is 11.6 Å². The predicted octanol–water partition coefficient (Wildman–Crippen LogP) is 5.93. The maximum atomic E-state index is 6.11. The third-order valence-corrected chi connectivity index (χ3v) is 4.14. The zero-order chi connectivity index (χ0) is 11.4. The van der Waals surface area contributed by atoms with Gasteiger partial charge in [-0.2, -0.15) is 0 Å². The summed E-state index contributed by atoms with van der Waals surface area (Å²) >= 11 is 9.64. The van der Waals surface area contributed by atoms with Gasteiger partial charge in [-0.05, 0) is 42.5 Å². The zero-order valence-corrected chi connectivity index (χ0v) is 11.9. The van der Waals surface area contributed by atoms with E-state index in [1.807, 2.05) is 6.07 Å². The van der Waals surface area contributed by atoms with Crippen LogP contribution in [0.25, 0.3) is 0 Å². The van der Waals surface area contributed by atoms with Crippen LogP contribution in [0.3, 0.4) is 0 Å². The van der Waals surface area contributed by atoms with E-state index in [9.17, 15) is 0 Å². The van der Waals surface area contributed by atoms with E-state index in [0.29, 0.717) is 0 Å². The van der Waals surface area contributed by atoms with Gasteiger partial charge in [0.15, 0.2) is 0 Å². The second-order valence-electron chi connectivity index (χ2n) is 4.74. The summed E-state index contributed by atoms with van der Waals surface area (Å²) in [5.74, 6) is 0.718. The van der Waals surface area contributed by atoms with Crippen LogP contribution in [-0.4, -0.2) is 0 Å².